The Bertz CT molecular complexity index is 626. The van der Waals surface area contributed by atoms with E-state index < -0.39 is 0 Å². The number of allylic oxidation sites excluding steroid dienone is 1. The van der Waals surface area contributed by atoms with E-state index in [0.717, 1.165) is 25.9 Å². The fraction of sp³-hybridized carbons (Fsp3) is 0.300. The monoisotopic (exact) mass is 277 g/mol. The fourth-order valence-electron chi connectivity index (χ4n) is 3.09. The lowest BCUT2D eigenvalue weighted by Crippen LogP contribution is -2.16. The Labute approximate surface area is 127 Å². The van der Waals surface area contributed by atoms with E-state index in [0.29, 0.717) is 0 Å². The van der Waals surface area contributed by atoms with Crippen molar-refractivity contribution in [3.05, 3.63) is 65.7 Å². The van der Waals surface area contributed by atoms with Crippen molar-refractivity contribution in [1.29, 1.82) is 0 Å². The van der Waals surface area contributed by atoms with Gasteiger partial charge in [-0.05, 0) is 60.2 Å². The standard InChI is InChI=1S/C20H23N/c1-2-14-21-15-13-17-11-12-20-18(9-6-10-19(17)20)16-7-4-3-5-8-16/h3-11,21H,2,12-15H2,1H3. The van der Waals surface area contributed by atoms with Gasteiger partial charge in [0, 0.05) is 0 Å². The third-order valence-electron chi connectivity index (χ3n) is 4.16. The second-order valence-electron chi connectivity index (χ2n) is 5.63. The van der Waals surface area contributed by atoms with Gasteiger partial charge in [-0.1, -0.05) is 61.5 Å². The van der Waals surface area contributed by atoms with Gasteiger partial charge in [0.25, 0.3) is 0 Å². The van der Waals surface area contributed by atoms with E-state index in [2.05, 4.69) is 66.8 Å². The van der Waals surface area contributed by atoms with E-state index >= 15 is 0 Å². The average molecular weight is 277 g/mol. The summed E-state index contributed by atoms with van der Waals surface area (Å²) in [5.41, 5.74) is 7.17. The molecular weight excluding hydrogens is 254 g/mol. The van der Waals surface area contributed by atoms with Crippen LogP contribution in [0.2, 0.25) is 0 Å². The molecule has 0 unspecified atom stereocenters. The minimum absolute atomic E-state index is 1.07. The highest BCUT2D eigenvalue weighted by molar-refractivity contribution is 5.81. The van der Waals surface area contributed by atoms with Gasteiger partial charge in [0.2, 0.25) is 0 Å². The van der Waals surface area contributed by atoms with E-state index in [4.69, 9.17) is 0 Å². The molecule has 0 aromatic heterocycles. The summed E-state index contributed by atoms with van der Waals surface area (Å²) >= 11 is 0. The molecule has 1 nitrogen and oxygen atoms in total. The smallest absolute Gasteiger partial charge is 0.000825 e. The summed E-state index contributed by atoms with van der Waals surface area (Å²) in [6.45, 7) is 4.40. The molecule has 2 aromatic rings. The van der Waals surface area contributed by atoms with Crippen LogP contribution in [0.25, 0.3) is 16.7 Å². The third-order valence-corrected chi connectivity index (χ3v) is 4.16. The van der Waals surface area contributed by atoms with Crippen LogP contribution in [0.3, 0.4) is 0 Å². The molecule has 0 aliphatic heterocycles. The van der Waals surface area contributed by atoms with Crippen LogP contribution in [0.1, 0.15) is 30.9 Å². The van der Waals surface area contributed by atoms with E-state index in [1.54, 1.807) is 0 Å². The second kappa shape index (κ2) is 6.73. The molecule has 0 saturated heterocycles. The molecule has 0 amide bonds. The molecule has 1 aliphatic carbocycles. The summed E-state index contributed by atoms with van der Waals surface area (Å²) in [5.74, 6) is 0. The van der Waals surface area contributed by atoms with Gasteiger partial charge < -0.3 is 5.32 Å². The normalized spacial score (nSPS) is 13.1. The number of rotatable bonds is 6. The van der Waals surface area contributed by atoms with Crippen LogP contribution in [0.4, 0.5) is 0 Å². The van der Waals surface area contributed by atoms with Crippen molar-refractivity contribution in [1.82, 2.24) is 5.32 Å². The maximum Gasteiger partial charge on any atom is -0.000825 e. The van der Waals surface area contributed by atoms with Crippen molar-refractivity contribution in [2.75, 3.05) is 13.1 Å². The maximum absolute atomic E-state index is 3.50. The number of nitrogens with one attached hydrogen (secondary N) is 1. The Balaban J connectivity index is 1.80. The first-order chi connectivity index (χ1) is 10.4. The van der Waals surface area contributed by atoms with Crippen molar-refractivity contribution < 1.29 is 0 Å². The Morgan fingerprint density at radius 2 is 1.71 bits per heavy atom. The molecule has 3 rings (SSSR count). The largest absolute Gasteiger partial charge is 0.316 e. The predicted molar refractivity (Wildman–Crippen MR) is 91.3 cm³/mol. The van der Waals surface area contributed by atoms with Crippen molar-refractivity contribution in [2.45, 2.75) is 26.2 Å². The lowest BCUT2D eigenvalue weighted by molar-refractivity contribution is 0.682. The molecule has 2 aromatic carbocycles. The Morgan fingerprint density at radius 3 is 2.52 bits per heavy atom. The Kier molecular flexibility index (Phi) is 4.52. The molecule has 0 bridgehead atoms. The summed E-state index contributed by atoms with van der Waals surface area (Å²) in [4.78, 5) is 0. The molecule has 1 heteroatoms. The van der Waals surface area contributed by atoms with Crippen molar-refractivity contribution >= 4 is 5.57 Å². The summed E-state index contributed by atoms with van der Waals surface area (Å²) in [5, 5.41) is 3.50. The molecule has 21 heavy (non-hydrogen) atoms. The van der Waals surface area contributed by atoms with Crippen molar-refractivity contribution in [3.63, 3.8) is 0 Å². The molecule has 0 fully saturated rings. The lowest BCUT2D eigenvalue weighted by atomic mass is 9.94. The minimum Gasteiger partial charge on any atom is -0.316 e. The van der Waals surface area contributed by atoms with E-state index in [1.807, 2.05) is 0 Å². The van der Waals surface area contributed by atoms with Gasteiger partial charge in [-0.25, -0.2) is 0 Å². The zero-order valence-electron chi connectivity index (χ0n) is 12.7. The third kappa shape index (κ3) is 3.08. The lowest BCUT2D eigenvalue weighted by Gasteiger charge is -2.11. The van der Waals surface area contributed by atoms with Gasteiger partial charge in [0.15, 0.2) is 0 Å². The number of benzene rings is 2. The second-order valence-corrected chi connectivity index (χ2v) is 5.63. The first-order valence-corrected chi connectivity index (χ1v) is 7.97. The maximum atomic E-state index is 3.50. The number of hydrogen-bond donors (Lipinski definition) is 1. The molecule has 0 heterocycles. The molecule has 0 spiro atoms. The van der Waals surface area contributed by atoms with Gasteiger partial charge in [-0.15, -0.1) is 0 Å². The van der Waals surface area contributed by atoms with Gasteiger partial charge >= 0.3 is 0 Å². The molecule has 1 N–H and O–H groups in total. The molecule has 108 valence electrons. The molecule has 1 aliphatic rings. The minimum atomic E-state index is 1.07. The fourth-order valence-corrected chi connectivity index (χ4v) is 3.09. The van der Waals surface area contributed by atoms with Crippen LogP contribution in [0, 0.1) is 0 Å². The van der Waals surface area contributed by atoms with E-state index in [-0.39, 0.29) is 0 Å². The van der Waals surface area contributed by atoms with Gasteiger partial charge in [-0.2, -0.15) is 0 Å². The molecule has 0 radical (unpaired) electrons. The highest BCUT2D eigenvalue weighted by atomic mass is 14.8. The SMILES string of the molecule is CCCNCCC1=CCc2c1cccc2-c1ccccc1. The van der Waals surface area contributed by atoms with Crippen LogP contribution in [0.5, 0.6) is 0 Å². The summed E-state index contributed by atoms with van der Waals surface area (Å²) in [6.07, 6.45) is 5.81. The van der Waals surface area contributed by atoms with Crippen LogP contribution in [0.15, 0.2) is 54.6 Å². The highest BCUT2D eigenvalue weighted by Crippen LogP contribution is 2.36. The van der Waals surface area contributed by atoms with Crippen LogP contribution in [-0.2, 0) is 6.42 Å². The number of fused-ring (bicyclic) bond motifs is 1. The first-order valence-electron chi connectivity index (χ1n) is 7.97. The summed E-state index contributed by atoms with van der Waals surface area (Å²) in [6, 6.07) is 17.4. The molecule has 0 saturated carbocycles. The van der Waals surface area contributed by atoms with Crippen LogP contribution < -0.4 is 5.32 Å². The van der Waals surface area contributed by atoms with Crippen molar-refractivity contribution in [3.8, 4) is 11.1 Å². The quantitative estimate of drug-likeness (QED) is 0.756. The molecule has 0 atom stereocenters. The first kappa shape index (κ1) is 14.1. The molecular formula is C20H23N. The Morgan fingerprint density at radius 1 is 0.905 bits per heavy atom. The Hall–Kier alpha value is -1.86. The predicted octanol–water partition coefficient (Wildman–Crippen LogP) is 4.68. The summed E-state index contributed by atoms with van der Waals surface area (Å²) < 4.78 is 0. The van der Waals surface area contributed by atoms with Crippen LogP contribution >= 0.6 is 0 Å². The zero-order chi connectivity index (χ0) is 14.5. The van der Waals surface area contributed by atoms with E-state index in [1.165, 1.54) is 34.2 Å². The van der Waals surface area contributed by atoms with E-state index in [9.17, 15) is 0 Å². The van der Waals surface area contributed by atoms with Gasteiger partial charge in [0.1, 0.15) is 0 Å². The summed E-state index contributed by atoms with van der Waals surface area (Å²) in [7, 11) is 0. The van der Waals surface area contributed by atoms with Crippen LogP contribution in [-0.4, -0.2) is 13.1 Å². The topological polar surface area (TPSA) is 12.0 Å². The highest BCUT2D eigenvalue weighted by Gasteiger charge is 2.17. The van der Waals surface area contributed by atoms with Gasteiger partial charge in [-0.3, -0.25) is 0 Å². The van der Waals surface area contributed by atoms with Crippen molar-refractivity contribution in [2.24, 2.45) is 0 Å². The average Bonchev–Trinajstić information content (AvgIpc) is 2.96. The zero-order valence-corrected chi connectivity index (χ0v) is 12.7. The number of hydrogen-bond acceptors (Lipinski definition) is 1. The van der Waals surface area contributed by atoms with Gasteiger partial charge in [0.05, 0.1) is 0 Å².